The van der Waals surface area contributed by atoms with E-state index >= 15 is 0 Å². The molecule has 4 unspecified atom stereocenters. The second-order valence-corrected chi connectivity index (χ2v) is 8.48. The van der Waals surface area contributed by atoms with Crippen LogP contribution in [0.2, 0.25) is 0 Å². The fourth-order valence-electron chi connectivity index (χ4n) is 3.76. The van der Waals surface area contributed by atoms with E-state index in [9.17, 15) is 9.90 Å². The average Bonchev–Trinajstić information content (AvgIpc) is 2.84. The van der Waals surface area contributed by atoms with Crippen LogP contribution in [0.3, 0.4) is 0 Å². The molecule has 0 amide bonds. The molecule has 182 valence electrons. The minimum absolute atomic E-state index is 0.0105. The molecule has 6 nitrogen and oxygen atoms in total. The van der Waals surface area contributed by atoms with E-state index in [0.29, 0.717) is 19.3 Å². The molecule has 1 aromatic rings. The fraction of sp³-hybridized carbons (Fsp3) is 0.519. The summed E-state index contributed by atoms with van der Waals surface area (Å²) in [6.45, 7) is 13.4. The third kappa shape index (κ3) is 8.14. The number of methoxy groups -OCH3 is 1. The van der Waals surface area contributed by atoms with Crippen molar-refractivity contribution in [3.63, 3.8) is 0 Å². The number of carbonyl (C=O) groups is 1. The lowest BCUT2D eigenvalue weighted by atomic mass is 9.98. The van der Waals surface area contributed by atoms with Gasteiger partial charge in [0.15, 0.2) is 6.29 Å². The number of benzene rings is 1. The van der Waals surface area contributed by atoms with E-state index in [1.165, 1.54) is 0 Å². The second-order valence-electron chi connectivity index (χ2n) is 8.48. The number of rotatable bonds is 12. The van der Waals surface area contributed by atoms with E-state index in [1.807, 2.05) is 51.1 Å². The van der Waals surface area contributed by atoms with Gasteiger partial charge < -0.3 is 24.1 Å². The van der Waals surface area contributed by atoms with Crippen LogP contribution in [-0.4, -0.2) is 42.6 Å². The van der Waals surface area contributed by atoms with E-state index in [2.05, 4.69) is 13.2 Å². The van der Waals surface area contributed by atoms with Gasteiger partial charge in [-0.2, -0.15) is 0 Å². The highest BCUT2D eigenvalue weighted by molar-refractivity contribution is 5.70. The number of esters is 1. The summed E-state index contributed by atoms with van der Waals surface area (Å²) in [4.78, 5) is 12.4. The predicted molar refractivity (Wildman–Crippen MR) is 129 cm³/mol. The first-order valence-electron chi connectivity index (χ1n) is 11.5. The Bertz CT molecular complexity index is 799. The largest absolute Gasteiger partial charge is 0.497 e. The normalized spacial score (nSPS) is 23.8. The van der Waals surface area contributed by atoms with Crippen LogP contribution in [0.5, 0.6) is 5.75 Å². The summed E-state index contributed by atoms with van der Waals surface area (Å²) in [6, 6.07) is 7.54. The summed E-state index contributed by atoms with van der Waals surface area (Å²) in [5.41, 5.74) is 1.85. The maximum Gasteiger partial charge on any atom is 0.309 e. The first kappa shape index (κ1) is 26.8. The second kappa shape index (κ2) is 13.3. The van der Waals surface area contributed by atoms with Crippen molar-refractivity contribution in [3.05, 3.63) is 66.8 Å². The molecule has 0 aliphatic carbocycles. The Kier molecular flexibility index (Phi) is 10.8. The third-order valence-electron chi connectivity index (χ3n) is 6.00. The fourth-order valence-corrected chi connectivity index (χ4v) is 3.76. The molecule has 0 bridgehead atoms. The Morgan fingerprint density at radius 2 is 1.97 bits per heavy atom. The number of carbonyl (C=O) groups excluding carboxylic acids is 1. The van der Waals surface area contributed by atoms with Crippen molar-refractivity contribution in [2.45, 2.75) is 77.2 Å². The summed E-state index contributed by atoms with van der Waals surface area (Å²) in [5, 5.41) is 10.5. The van der Waals surface area contributed by atoms with Gasteiger partial charge in [-0.25, -0.2) is 0 Å². The molecule has 0 radical (unpaired) electrons. The lowest BCUT2D eigenvalue weighted by Crippen LogP contribution is -2.33. The number of ether oxygens (including phenoxy) is 4. The molecule has 1 saturated heterocycles. The number of hydrogen-bond acceptors (Lipinski definition) is 6. The van der Waals surface area contributed by atoms with Crippen molar-refractivity contribution in [1.29, 1.82) is 0 Å². The highest BCUT2D eigenvalue weighted by Crippen LogP contribution is 2.33. The predicted octanol–water partition coefficient (Wildman–Crippen LogP) is 5.29. The molecule has 6 heteroatoms. The van der Waals surface area contributed by atoms with Crippen LogP contribution < -0.4 is 4.74 Å². The van der Waals surface area contributed by atoms with Crippen LogP contribution in [0.4, 0.5) is 0 Å². The molecule has 0 saturated carbocycles. The van der Waals surface area contributed by atoms with E-state index in [4.69, 9.17) is 18.9 Å². The Morgan fingerprint density at radius 3 is 2.55 bits per heavy atom. The van der Waals surface area contributed by atoms with Crippen LogP contribution in [0.1, 0.15) is 58.3 Å². The molecule has 6 atom stereocenters. The molecular formula is C27H38O6. The molecular weight excluding hydrogens is 420 g/mol. The van der Waals surface area contributed by atoms with Gasteiger partial charge in [0.25, 0.3) is 0 Å². The molecule has 1 fully saturated rings. The molecule has 1 heterocycles. The highest BCUT2D eigenvalue weighted by atomic mass is 16.7. The number of allylic oxidation sites excluding steroid dienone is 1. The summed E-state index contributed by atoms with van der Waals surface area (Å²) in [7, 11) is 1.62. The van der Waals surface area contributed by atoms with E-state index in [0.717, 1.165) is 16.9 Å². The topological polar surface area (TPSA) is 74.2 Å². The lowest BCUT2D eigenvalue weighted by molar-refractivity contribution is -0.238. The highest BCUT2D eigenvalue weighted by Gasteiger charge is 2.30. The van der Waals surface area contributed by atoms with Gasteiger partial charge in [-0.1, -0.05) is 37.3 Å². The van der Waals surface area contributed by atoms with Crippen molar-refractivity contribution in [1.82, 2.24) is 0 Å². The van der Waals surface area contributed by atoms with Gasteiger partial charge in [0.1, 0.15) is 11.9 Å². The Hall–Kier alpha value is -2.41. The molecule has 1 aromatic carbocycles. The summed E-state index contributed by atoms with van der Waals surface area (Å²) in [5.74, 6) is 0.328. The van der Waals surface area contributed by atoms with Gasteiger partial charge in [0, 0.05) is 17.9 Å². The van der Waals surface area contributed by atoms with Crippen LogP contribution in [0.15, 0.2) is 61.2 Å². The Balaban J connectivity index is 1.90. The average molecular weight is 459 g/mol. The quantitative estimate of drug-likeness (QED) is 0.339. The Morgan fingerprint density at radius 1 is 1.27 bits per heavy atom. The van der Waals surface area contributed by atoms with Crippen LogP contribution >= 0.6 is 0 Å². The first-order chi connectivity index (χ1) is 15.8. The number of hydrogen-bond donors (Lipinski definition) is 1. The van der Waals surface area contributed by atoms with Crippen molar-refractivity contribution in [2.24, 2.45) is 5.92 Å². The van der Waals surface area contributed by atoms with Crippen LogP contribution in [-0.2, 0) is 19.0 Å². The maximum atomic E-state index is 12.4. The van der Waals surface area contributed by atoms with Crippen molar-refractivity contribution >= 4 is 5.97 Å². The van der Waals surface area contributed by atoms with Crippen molar-refractivity contribution < 1.29 is 28.8 Å². The molecule has 0 spiro atoms. The first-order valence-corrected chi connectivity index (χ1v) is 11.5. The third-order valence-corrected chi connectivity index (χ3v) is 6.00. The van der Waals surface area contributed by atoms with Gasteiger partial charge in [0.05, 0.1) is 31.8 Å². The zero-order valence-corrected chi connectivity index (χ0v) is 20.2. The molecule has 1 aliphatic heterocycles. The van der Waals surface area contributed by atoms with E-state index < -0.39 is 18.4 Å². The summed E-state index contributed by atoms with van der Waals surface area (Å²) in [6.07, 6.45) is 5.07. The van der Waals surface area contributed by atoms with Gasteiger partial charge in [-0.05, 0) is 44.4 Å². The smallest absolute Gasteiger partial charge is 0.309 e. The summed E-state index contributed by atoms with van der Waals surface area (Å²) < 4.78 is 23.0. The molecule has 33 heavy (non-hydrogen) atoms. The molecule has 2 rings (SSSR count). The van der Waals surface area contributed by atoms with Crippen LogP contribution in [0.25, 0.3) is 0 Å². The zero-order chi connectivity index (χ0) is 24.4. The molecule has 0 aromatic heterocycles. The van der Waals surface area contributed by atoms with E-state index in [1.54, 1.807) is 19.3 Å². The van der Waals surface area contributed by atoms with Crippen molar-refractivity contribution in [3.8, 4) is 5.75 Å². The summed E-state index contributed by atoms with van der Waals surface area (Å²) >= 11 is 0. The van der Waals surface area contributed by atoms with Crippen LogP contribution in [0, 0.1) is 5.92 Å². The lowest BCUT2D eigenvalue weighted by Gasteiger charge is -2.35. The van der Waals surface area contributed by atoms with Gasteiger partial charge in [-0.3, -0.25) is 4.79 Å². The zero-order valence-electron chi connectivity index (χ0n) is 20.2. The van der Waals surface area contributed by atoms with Gasteiger partial charge in [0.2, 0.25) is 0 Å². The van der Waals surface area contributed by atoms with Gasteiger partial charge in [-0.15, -0.1) is 13.2 Å². The Labute approximate surface area is 197 Å². The minimum atomic E-state index is -0.809. The molecule has 1 N–H and O–H groups in total. The van der Waals surface area contributed by atoms with Gasteiger partial charge >= 0.3 is 5.97 Å². The minimum Gasteiger partial charge on any atom is -0.497 e. The number of aliphatic hydroxyl groups excluding tert-OH is 1. The van der Waals surface area contributed by atoms with E-state index in [-0.39, 0.29) is 30.7 Å². The maximum absolute atomic E-state index is 12.4. The number of aliphatic hydroxyl groups is 1. The standard InChI is InChI=1S/C27H38O6/c1-7-18(4)26(19(5)8-2)33-25(29)16-21(28)12-15-24-17-22(9-3)31-27(32-24)20-10-13-23(30-6)14-11-20/h7-11,13-14,18,21-22,24,26-28H,1,3,12,15-17H2,2,4-6H3/b19-8+/t18-,21?,22?,24?,26-,27?/m0/s1. The van der Waals surface area contributed by atoms with Crippen molar-refractivity contribution in [2.75, 3.05) is 7.11 Å². The SMILES string of the molecule is C=CC1CC(CCC(O)CC(=O)O[C@H](/C(C)=C/C)[C@@H](C)C=C)OC(c2ccc(OC)cc2)O1. The molecule has 1 aliphatic rings. The monoisotopic (exact) mass is 458 g/mol.